The maximum atomic E-state index is 13.6. The molecule has 1 N–H and O–H groups in total. The average molecular weight is 569 g/mol. The zero-order valence-electron chi connectivity index (χ0n) is 19.9. The zero-order chi connectivity index (χ0) is 25.8. The monoisotopic (exact) mass is 567 g/mol. The molecule has 11 heteroatoms. The van der Waals surface area contributed by atoms with Crippen LogP contribution in [0.1, 0.15) is 12.8 Å². The van der Waals surface area contributed by atoms with Crippen molar-refractivity contribution in [2.75, 3.05) is 56.5 Å². The number of anilines is 2. The van der Waals surface area contributed by atoms with Crippen molar-refractivity contribution in [3.63, 3.8) is 0 Å². The fourth-order valence-corrected chi connectivity index (χ4v) is 5.24. The van der Waals surface area contributed by atoms with Crippen LogP contribution in [0.5, 0.6) is 0 Å². The molecule has 2 amide bonds. The number of hydrogen-bond acceptors (Lipinski definition) is 5. The van der Waals surface area contributed by atoms with Crippen LogP contribution in [0.15, 0.2) is 42.5 Å². The lowest BCUT2D eigenvalue weighted by Crippen LogP contribution is -2.45. The Hall–Kier alpha value is -1.94. The molecule has 1 unspecified atom stereocenters. The standard InChI is InChI=1S/C25H28Cl3N5O2S/c1-30-11-13-31(14-12-30)9-2-10-32-22(16-23(34)29-18-5-3-17(26)4-6-18)24(35)33(25(32)36)19-7-8-20(27)21(28)15-19/h3-8,15,22H,2,9-14,16H2,1H3,(H,29,34). The van der Waals surface area contributed by atoms with E-state index in [4.69, 9.17) is 47.0 Å². The molecule has 2 aromatic rings. The van der Waals surface area contributed by atoms with Crippen LogP contribution in [0.4, 0.5) is 11.4 Å². The van der Waals surface area contributed by atoms with Gasteiger partial charge in [0.15, 0.2) is 5.11 Å². The number of carbonyl (C=O) groups excluding carboxylic acids is 2. The fraction of sp³-hybridized carbons (Fsp3) is 0.400. The number of nitrogens with one attached hydrogen (secondary N) is 1. The maximum Gasteiger partial charge on any atom is 0.256 e. The minimum absolute atomic E-state index is 0.0338. The molecule has 2 aliphatic heterocycles. The molecule has 2 aromatic carbocycles. The van der Waals surface area contributed by atoms with Gasteiger partial charge in [-0.1, -0.05) is 34.8 Å². The smallest absolute Gasteiger partial charge is 0.256 e. The first-order valence-electron chi connectivity index (χ1n) is 11.8. The second kappa shape index (κ2) is 12.1. The molecule has 2 aliphatic rings. The first kappa shape index (κ1) is 27.1. The molecule has 2 heterocycles. The summed E-state index contributed by atoms with van der Waals surface area (Å²) < 4.78 is 0. The Morgan fingerprint density at radius 3 is 2.36 bits per heavy atom. The van der Waals surface area contributed by atoms with Crippen molar-refractivity contribution in [3.8, 4) is 0 Å². The van der Waals surface area contributed by atoms with Gasteiger partial charge >= 0.3 is 0 Å². The average Bonchev–Trinajstić information content (AvgIpc) is 3.07. The van der Waals surface area contributed by atoms with Gasteiger partial charge in [0.1, 0.15) is 6.04 Å². The van der Waals surface area contributed by atoms with E-state index in [2.05, 4.69) is 22.2 Å². The van der Waals surface area contributed by atoms with E-state index in [1.54, 1.807) is 42.5 Å². The summed E-state index contributed by atoms with van der Waals surface area (Å²) in [6, 6.07) is 11.1. The molecule has 0 spiro atoms. The summed E-state index contributed by atoms with van der Waals surface area (Å²) >= 11 is 24.0. The third-order valence-electron chi connectivity index (χ3n) is 6.46. The van der Waals surface area contributed by atoms with Crippen molar-refractivity contribution >= 4 is 75.3 Å². The number of nitrogens with zero attached hydrogens (tertiary/aromatic N) is 4. The highest BCUT2D eigenvalue weighted by molar-refractivity contribution is 7.80. The number of piperazine rings is 1. The second-order valence-corrected chi connectivity index (χ2v) is 10.6. The number of benzene rings is 2. The molecule has 36 heavy (non-hydrogen) atoms. The molecule has 0 bridgehead atoms. The van der Waals surface area contributed by atoms with Crippen molar-refractivity contribution in [2.45, 2.75) is 18.9 Å². The summed E-state index contributed by atoms with van der Waals surface area (Å²) in [5.41, 5.74) is 1.14. The maximum absolute atomic E-state index is 13.6. The molecule has 0 saturated carbocycles. The summed E-state index contributed by atoms with van der Waals surface area (Å²) in [4.78, 5) is 34.5. The normalized spacial score (nSPS) is 19.3. The Kier molecular flexibility index (Phi) is 9.09. The van der Waals surface area contributed by atoms with Gasteiger partial charge in [-0.15, -0.1) is 0 Å². The van der Waals surface area contributed by atoms with Crippen molar-refractivity contribution in [1.29, 1.82) is 0 Å². The number of hydrogen-bond donors (Lipinski definition) is 1. The summed E-state index contributed by atoms with van der Waals surface area (Å²) in [6.07, 6.45) is 0.787. The van der Waals surface area contributed by atoms with Crippen LogP contribution >= 0.6 is 47.0 Å². The molecule has 0 aromatic heterocycles. The largest absolute Gasteiger partial charge is 0.336 e. The summed E-state index contributed by atoms with van der Waals surface area (Å²) in [6.45, 7) is 5.58. The Balaban J connectivity index is 1.48. The number of rotatable bonds is 8. The van der Waals surface area contributed by atoms with Gasteiger partial charge < -0.3 is 20.0 Å². The van der Waals surface area contributed by atoms with E-state index >= 15 is 0 Å². The van der Waals surface area contributed by atoms with Crippen molar-refractivity contribution < 1.29 is 9.59 Å². The van der Waals surface area contributed by atoms with Gasteiger partial charge in [0, 0.05) is 43.4 Å². The van der Waals surface area contributed by atoms with E-state index in [9.17, 15) is 9.59 Å². The predicted molar refractivity (Wildman–Crippen MR) is 150 cm³/mol. The van der Waals surface area contributed by atoms with Crippen LogP contribution in [0.3, 0.4) is 0 Å². The Labute approximate surface area is 231 Å². The molecule has 0 aliphatic carbocycles. The lowest BCUT2D eigenvalue weighted by Gasteiger charge is -2.33. The quantitative estimate of drug-likeness (QED) is 0.469. The Morgan fingerprint density at radius 1 is 1.00 bits per heavy atom. The number of amides is 2. The summed E-state index contributed by atoms with van der Waals surface area (Å²) in [7, 11) is 2.13. The first-order valence-corrected chi connectivity index (χ1v) is 13.3. The second-order valence-electron chi connectivity index (χ2n) is 9.02. The molecular weight excluding hydrogens is 541 g/mol. The molecule has 1 atom stereocenters. The SMILES string of the molecule is CN1CCN(CCCN2C(=S)N(c3ccc(Cl)c(Cl)c3)C(=O)C2CC(=O)Nc2ccc(Cl)cc2)CC1. The van der Waals surface area contributed by atoms with Gasteiger partial charge in [-0.25, -0.2) is 0 Å². The van der Waals surface area contributed by atoms with Gasteiger partial charge in [0.2, 0.25) is 5.91 Å². The first-order chi connectivity index (χ1) is 17.2. The van der Waals surface area contributed by atoms with E-state index in [1.165, 1.54) is 4.90 Å². The third-order valence-corrected chi connectivity index (χ3v) is 7.86. The van der Waals surface area contributed by atoms with Crippen LogP contribution in [0, 0.1) is 0 Å². The van der Waals surface area contributed by atoms with Crippen LogP contribution in [0.2, 0.25) is 15.1 Å². The van der Waals surface area contributed by atoms with E-state index < -0.39 is 6.04 Å². The lowest BCUT2D eigenvalue weighted by atomic mass is 10.1. The minimum Gasteiger partial charge on any atom is -0.336 e. The van der Waals surface area contributed by atoms with Gasteiger partial charge in [0.25, 0.3) is 5.91 Å². The van der Waals surface area contributed by atoms with E-state index in [1.807, 2.05) is 4.90 Å². The highest BCUT2D eigenvalue weighted by Crippen LogP contribution is 2.32. The highest BCUT2D eigenvalue weighted by Gasteiger charge is 2.44. The molecule has 7 nitrogen and oxygen atoms in total. The molecule has 0 radical (unpaired) electrons. The van der Waals surface area contributed by atoms with Crippen molar-refractivity contribution in [2.24, 2.45) is 0 Å². The van der Waals surface area contributed by atoms with Gasteiger partial charge in [-0.2, -0.15) is 0 Å². The molecule has 192 valence electrons. The fourth-order valence-electron chi connectivity index (χ4n) is 4.41. The van der Waals surface area contributed by atoms with Crippen LogP contribution in [0.25, 0.3) is 0 Å². The number of carbonyl (C=O) groups is 2. The highest BCUT2D eigenvalue weighted by atomic mass is 35.5. The Morgan fingerprint density at radius 2 is 1.69 bits per heavy atom. The Bertz CT molecular complexity index is 1130. The van der Waals surface area contributed by atoms with E-state index in [0.29, 0.717) is 38.1 Å². The van der Waals surface area contributed by atoms with E-state index in [0.717, 1.165) is 39.1 Å². The number of likely N-dealkylation sites (N-methyl/N-ethyl adjacent to an activating group) is 1. The van der Waals surface area contributed by atoms with E-state index in [-0.39, 0.29) is 18.2 Å². The summed E-state index contributed by atoms with van der Waals surface area (Å²) in [5.74, 6) is -0.539. The predicted octanol–water partition coefficient (Wildman–Crippen LogP) is 4.62. The van der Waals surface area contributed by atoms with Crippen LogP contribution < -0.4 is 10.2 Å². The van der Waals surface area contributed by atoms with Crippen molar-refractivity contribution in [1.82, 2.24) is 14.7 Å². The number of thiocarbonyl (C=S) groups is 1. The molecular formula is C25H28Cl3N5O2S. The number of halogens is 3. The van der Waals surface area contributed by atoms with Gasteiger partial charge in [-0.3, -0.25) is 14.5 Å². The summed E-state index contributed by atoms with van der Waals surface area (Å²) in [5, 5.41) is 4.50. The van der Waals surface area contributed by atoms with Gasteiger partial charge in [0.05, 0.1) is 22.2 Å². The zero-order valence-corrected chi connectivity index (χ0v) is 23.0. The van der Waals surface area contributed by atoms with Crippen LogP contribution in [-0.4, -0.2) is 84.0 Å². The molecule has 2 fully saturated rings. The van der Waals surface area contributed by atoms with Gasteiger partial charge in [-0.05, 0) is 74.7 Å². The van der Waals surface area contributed by atoms with Crippen LogP contribution in [-0.2, 0) is 9.59 Å². The topological polar surface area (TPSA) is 59.1 Å². The van der Waals surface area contributed by atoms with Crippen molar-refractivity contribution in [3.05, 3.63) is 57.5 Å². The molecule has 2 saturated heterocycles. The third kappa shape index (κ3) is 6.49. The molecule has 4 rings (SSSR count). The minimum atomic E-state index is -0.716. The lowest BCUT2D eigenvalue weighted by molar-refractivity contribution is -0.124.